The molecular formula is C15H25ClN2O2S. The smallest absolute Gasteiger partial charge is 0.211 e. The lowest BCUT2D eigenvalue weighted by Crippen LogP contribution is -2.26. The van der Waals surface area contributed by atoms with Crippen molar-refractivity contribution in [2.24, 2.45) is 0 Å². The summed E-state index contributed by atoms with van der Waals surface area (Å²) >= 11 is 5.51. The van der Waals surface area contributed by atoms with Gasteiger partial charge in [-0.3, -0.25) is 4.90 Å². The van der Waals surface area contributed by atoms with E-state index in [1.165, 1.54) is 5.56 Å². The highest BCUT2D eigenvalue weighted by molar-refractivity contribution is 7.89. The highest BCUT2D eigenvalue weighted by Crippen LogP contribution is 2.08. The third-order valence-electron chi connectivity index (χ3n) is 3.37. The van der Waals surface area contributed by atoms with Crippen LogP contribution in [0.25, 0.3) is 0 Å². The first-order valence-corrected chi connectivity index (χ1v) is 9.53. The highest BCUT2D eigenvalue weighted by Gasteiger charge is 2.09. The lowest BCUT2D eigenvalue weighted by molar-refractivity contribution is 0.296. The van der Waals surface area contributed by atoms with Gasteiger partial charge >= 0.3 is 0 Å². The number of rotatable bonds is 10. The zero-order valence-corrected chi connectivity index (χ0v) is 14.4. The molecule has 120 valence electrons. The van der Waals surface area contributed by atoms with Crippen LogP contribution in [0.2, 0.25) is 0 Å². The molecule has 0 aliphatic rings. The summed E-state index contributed by atoms with van der Waals surface area (Å²) in [6.07, 6.45) is 0.472. The van der Waals surface area contributed by atoms with Gasteiger partial charge in [-0.05, 0) is 30.6 Å². The second-order valence-corrected chi connectivity index (χ2v) is 7.26. The van der Waals surface area contributed by atoms with E-state index in [2.05, 4.69) is 35.6 Å². The minimum Gasteiger partial charge on any atom is -0.300 e. The summed E-state index contributed by atoms with van der Waals surface area (Å²) in [4.78, 5) is 2.34. The van der Waals surface area contributed by atoms with E-state index in [9.17, 15) is 8.42 Å². The van der Waals surface area contributed by atoms with E-state index < -0.39 is 10.0 Å². The van der Waals surface area contributed by atoms with Crippen LogP contribution in [0.1, 0.15) is 31.4 Å². The Hall–Kier alpha value is -0.620. The van der Waals surface area contributed by atoms with Gasteiger partial charge in [0.1, 0.15) is 0 Å². The first kappa shape index (κ1) is 18.4. The van der Waals surface area contributed by atoms with Gasteiger partial charge in [-0.25, -0.2) is 13.1 Å². The number of hydrogen-bond donors (Lipinski definition) is 1. The van der Waals surface area contributed by atoms with Gasteiger partial charge in [-0.15, -0.1) is 11.6 Å². The van der Waals surface area contributed by atoms with E-state index in [1.54, 1.807) is 0 Å². The first-order chi connectivity index (χ1) is 10.0. The van der Waals surface area contributed by atoms with E-state index in [0.717, 1.165) is 25.2 Å². The molecule has 0 radical (unpaired) electrons. The summed E-state index contributed by atoms with van der Waals surface area (Å²) in [7, 11) is -3.22. The molecule has 0 bridgehead atoms. The minimum atomic E-state index is -3.22. The van der Waals surface area contributed by atoms with E-state index in [4.69, 9.17) is 11.6 Å². The molecule has 0 heterocycles. The van der Waals surface area contributed by atoms with Gasteiger partial charge in [0.25, 0.3) is 0 Å². The zero-order valence-electron chi connectivity index (χ0n) is 12.8. The van der Waals surface area contributed by atoms with Gasteiger partial charge < -0.3 is 0 Å². The molecule has 21 heavy (non-hydrogen) atoms. The molecule has 1 N–H and O–H groups in total. The number of alkyl halides is 1. The van der Waals surface area contributed by atoms with E-state index >= 15 is 0 Å². The molecule has 1 rings (SSSR count). The van der Waals surface area contributed by atoms with Gasteiger partial charge in [0.2, 0.25) is 10.0 Å². The van der Waals surface area contributed by atoms with Crippen LogP contribution < -0.4 is 4.72 Å². The Balaban J connectivity index is 2.51. The van der Waals surface area contributed by atoms with Crippen molar-refractivity contribution in [3.05, 3.63) is 35.4 Å². The molecule has 4 nitrogen and oxygen atoms in total. The number of sulfonamides is 1. The van der Waals surface area contributed by atoms with Gasteiger partial charge in [-0.2, -0.15) is 0 Å². The van der Waals surface area contributed by atoms with Crippen LogP contribution in [0.5, 0.6) is 0 Å². The summed E-state index contributed by atoms with van der Waals surface area (Å²) in [5, 5.41) is 0. The molecule has 0 saturated heterocycles. The van der Waals surface area contributed by atoms with Crippen LogP contribution in [0.15, 0.2) is 24.3 Å². The summed E-state index contributed by atoms with van der Waals surface area (Å²) in [5.74, 6) is 0.442. The summed E-state index contributed by atoms with van der Waals surface area (Å²) in [6.45, 7) is 7.60. The van der Waals surface area contributed by atoms with Crippen molar-refractivity contribution in [2.75, 3.05) is 24.7 Å². The number of halogens is 1. The van der Waals surface area contributed by atoms with Crippen molar-refractivity contribution in [1.82, 2.24) is 9.62 Å². The molecular weight excluding hydrogens is 308 g/mol. The predicted octanol–water partition coefficient (Wildman–Crippen LogP) is 2.58. The third kappa shape index (κ3) is 7.27. The fraction of sp³-hybridized carbons (Fsp3) is 0.600. The average molecular weight is 333 g/mol. The molecule has 1 aromatic rings. The molecule has 0 saturated carbocycles. The molecule has 0 aliphatic heterocycles. The lowest BCUT2D eigenvalue weighted by Gasteiger charge is -2.18. The monoisotopic (exact) mass is 332 g/mol. The van der Waals surface area contributed by atoms with Gasteiger partial charge in [0, 0.05) is 19.0 Å². The summed E-state index contributed by atoms with van der Waals surface area (Å²) in [5.41, 5.74) is 2.21. The van der Waals surface area contributed by atoms with Crippen LogP contribution >= 0.6 is 11.6 Å². The Morgan fingerprint density at radius 2 is 1.67 bits per heavy atom. The second-order valence-electron chi connectivity index (χ2n) is 4.96. The molecule has 0 aliphatic carbocycles. The Labute approximate surface area is 133 Å². The predicted molar refractivity (Wildman–Crippen MR) is 89.0 cm³/mol. The fourth-order valence-electron chi connectivity index (χ4n) is 1.98. The quantitative estimate of drug-likeness (QED) is 0.670. The maximum atomic E-state index is 11.7. The Morgan fingerprint density at radius 1 is 1.10 bits per heavy atom. The number of hydrogen-bond acceptors (Lipinski definition) is 3. The fourth-order valence-corrected chi connectivity index (χ4v) is 3.33. The zero-order chi connectivity index (χ0) is 15.7. The topological polar surface area (TPSA) is 49.4 Å². The summed E-state index contributed by atoms with van der Waals surface area (Å²) in [6, 6.07) is 8.06. The molecule has 0 aromatic heterocycles. The SMILES string of the molecule is CCN(CC)Cc1ccc(CNS(=O)(=O)CCCCl)cc1. The highest BCUT2D eigenvalue weighted by atomic mass is 35.5. The van der Waals surface area contributed by atoms with Crippen LogP contribution in [0.3, 0.4) is 0 Å². The van der Waals surface area contributed by atoms with E-state index in [1.807, 2.05) is 12.1 Å². The Morgan fingerprint density at radius 3 is 2.19 bits per heavy atom. The van der Waals surface area contributed by atoms with Crippen LogP contribution in [0, 0.1) is 0 Å². The number of nitrogens with one attached hydrogen (secondary N) is 1. The molecule has 0 amide bonds. The van der Waals surface area contributed by atoms with Crippen molar-refractivity contribution in [3.63, 3.8) is 0 Å². The first-order valence-electron chi connectivity index (χ1n) is 7.34. The number of benzene rings is 1. The van der Waals surface area contributed by atoms with Crippen LogP contribution in [-0.4, -0.2) is 38.0 Å². The maximum Gasteiger partial charge on any atom is 0.211 e. The van der Waals surface area contributed by atoms with Crippen molar-refractivity contribution >= 4 is 21.6 Å². The van der Waals surface area contributed by atoms with Crippen molar-refractivity contribution in [3.8, 4) is 0 Å². The minimum absolute atomic E-state index is 0.0799. The second kappa shape index (κ2) is 9.41. The number of nitrogens with zero attached hydrogens (tertiary/aromatic N) is 1. The van der Waals surface area contributed by atoms with Gasteiger partial charge in [0.05, 0.1) is 5.75 Å². The van der Waals surface area contributed by atoms with Crippen LogP contribution in [-0.2, 0) is 23.1 Å². The molecule has 0 atom stereocenters. The van der Waals surface area contributed by atoms with Crippen molar-refractivity contribution in [2.45, 2.75) is 33.4 Å². The molecule has 0 spiro atoms. The average Bonchev–Trinajstić information content (AvgIpc) is 2.50. The Bertz CT molecular complexity index is 499. The normalized spacial score (nSPS) is 12.0. The maximum absolute atomic E-state index is 11.7. The van der Waals surface area contributed by atoms with Gasteiger partial charge in [-0.1, -0.05) is 38.1 Å². The summed E-state index contributed by atoms with van der Waals surface area (Å²) < 4.78 is 25.9. The van der Waals surface area contributed by atoms with E-state index in [0.29, 0.717) is 18.8 Å². The molecule has 0 fully saturated rings. The van der Waals surface area contributed by atoms with Crippen LogP contribution in [0.4, 0.5) is 0 Å². The van der Waals surface area contributed by atoms with Crippen molar-refractivity contribution < 1.29 is 8.42 Å². The molecule has 1 aromatic carbocycles. The molecule has 0 unspecified atom stereocenters. The van der Waals surface area contributed by atoms with Gasteiger partial charge in [0.15, 0.2) is 0 Å². The largest absolute Gasteiger partial charge is 0.300 e. The third-order valence-corrected chi connectivity index (χ3v) is 5.04. The van der Waals surface area contributed by atoms with Crippen molar-refractivity contribution in [1.29, 1.82) is 0 Å². The standard InChI is InChI=1S/C15H25ClN2O2S/c1-3-18(4-2)13-15-8-6-14(7-9-15)12-17-21(19,20)11-5-10-16/h6-9,17H,3-5,10-13H2,1-2H3. The van der Waals surface area contributed by atoms with E-state index in [-0.39, 0.29) is 5.75 Å². The lowest BCUT2D eigenvalue weighted by atomic mass is 10.1. The molecule has 6 heteroatoms. The Kier molecular flexibility index (Phi) is 8.26.